The summed E-state index contributed by atoms with van der Waals surface area (Å²) in [6, 6.07) is 56.8. The molecule has 0 radical (unpaired) electrons. The molecule has 0 spiro atoms. The van der Waals surface area contributed by atoms with Crippen molar-refractivity contribution in [2.75, 3.05) is 9.80 Å². The van der Waals surface area contributed by atoms with Crippen LogP contribution in [0.25, 0.3) is 20.2 Å². The second kappa shape index (κ2) is 14.5. The van der Waals surface area contributed by atoms with Crippen molar-refractivity contribution in [1.82, 2.24) is 0 Å². The Labute approximate surface area is 337 Å². The monoisotopic (exact) mass is 744 g/mol. The van der Waals surface area contributed by atoms with Gasteiger partial charge >= 0.3 is 0 Å². The number of anilines is 6. The summed E-state index contributed by atoms with van der Waals surface area (Å²) >= 11 is 1.93. The summed E-state index contributed by atoms with van der Waals surface area (Å²) in [5.41, 5.74) is 16.8. The molecule has 0 amide bonds. The maximum atomic E-state index is 2.55. The van der Waals surface area contributed by atoms with Gasteiger partial charge in [0.25, 0.3) is 0 Å². The van der Waals surface area contributed by atoms with Crippen LogP contribution in [0.3, 0.4) is 0 Å². The summed E-state index contributed by atoms with van der Waals surface area (Å²) in [4.78, 5) is 4.94. The van der Waals surface area contributed by atoms with Crippen LogP contribution >= 0.6 is 11.3 Å². The Morgan fingerprint density at radius 3 is 1.66 bits per heavy atom. The topological polar surface area (TPSA) is 6.48 Å². The molecule has 9 rings (SSSR count). The van der Waals surface area contributed by atoms with Crippen LogP contribution in [-0.4, -0.2) is 6.71 Å². The lowest BCUT2D eigenvalue weighted by Crippen LogP contribution is -2.59. The highest BCUT2D eigenvalue weighted by Gasteiger charge is 2.39. The molecular formula is C52H49BN2S. The molecule has 276 valence electrons. The molecule has 0 saturated heterocycles. The average Bonchev–Trinajstić information content (AvgIpc) is 3.56. The molecule has 1 aromatic heterocycles. The molecule has 0 aliphatic carbocycles. The van der Waals surface area contributed by atoms with E-state index in [1.165, 1.54) is 70.2 Å². The second-order valence-corrected chi connectivity index (χ2v) is 17.5. The minimum absolute atomic E-state index is 0.0447. The molecule has 4 heteroatoms. The van der Waals surface area contributed by atoms with Crippen LogP contribution < -0.4 is 26.2 Å². The first-order valence-electron chi connectivity index (χ1n) is 20.2. The van der Waals surface area contributed by atoms with Gasteiger partial charge in [-0.3, -0.25) is 0 Å². The number of hydrogen-bond acceptors (Lipinski definition) is 3. The van der Waals surface area contributed by atoms with Gasteiger partial charge in [0.2, 0.25) is 6.71 Å². The Hall–Kier alpha value is -5.58. The molecular weight excluding hydrogens is 695 g/mol. The molecule has 7 aromatic carbocycles. The molecule has 8 aromatic rings. The molecule has 0 unspecified atom stereocenters. The van der Waals surface area contributed by atoms with E-state index in [2.05, 4.69) is 210 Å². The highest BCUT2D eigenvalue weighted by Crippen LogP contribution is 2.44. The van der Waals surface area contributed by atoms with E-state index in [9.17, 15) is 0 Å². The Bertz CT molecular complexity index is 2630. The van der Waals surface area contributed by atoms with Crippen molar-refractivity contribution in [1.29, 1.82) is 0 Å². The van der Waals surface area contributed by atoms with Crippen LogP contribution in [-0.2, 0) is 0 Å². The van der Waals surface area contributed by atoms with Crippen LogP contribution in [0, 0.1) is 6.92 Å². The molecule has 1 aliphatic heterocycles. The quantitative estimate of drug-likeness (QED) is 0.143. The highest BCUT2D eigenvalue weighted by molar-refractivity contribution is 7.26. The summed E-state index contributed by atoms with van der Waals surface area (Å²) in [7, 11) is 0. The Morgan fingerprint density at radius 1 is 0.500 bits per heavy atom. The summed E-state index contributed by atoms with van der Waals surface area (Å²) in [5.74, 6) is 1.18. The van der Waals surface area contributed by atoms with Gasteiger partial charge in [0.05, 0.1) is 0 Å². The van der Waals surface area contributed by atoms with Crippen molar-refractivity contribution in [2.24, 2.45) is 0 Å². The van der Waals surface area contributed by atoms with Crippen LogP contribution in [0.5, 0.6) is 0 Å². The third-order valence-electron chi connectivity index (χ3n) is 11.7. The van der Waals surface area contributed by atoms with E-state index in [0.29, 0.717) is 17.8 Å². The fourth-order valence-electron chi connectivity index (χ4n) is 8.88. The number of nitrogens with zero attached hydrogens (tertiary/aromatic N) is 2. The molecule has 0 bridgehead atoms. The normalized spacial score (nSPS) is 12.6. The van der Waals surface area contributed by atoms with Gasteiger partial charge in [-0.15, -0.1) is 11.3 Å². The minimum atomic E-state index is 0.0447. The molecule has 1 aliphatic rings. The fourth-order valence-corrected chi connectivity index (χ4v) is 10.1. The van der Waals surface area contributed by atoms with Crippen molar-refractivity contribution >= 4 is 88.7 Å². The number of thiophene rings is 1. The summed E-state index contributed by atoms with van der Waals surface area (Å²) in [6.45, 7) is 16.4. The second-order valence-electron chi connectivity index (χ2n) is 16.4. The van der Waals surface area contributed by atoms with E-state index in [1.54, 1.807) is 0 Å². The van der Waals surface area contributed by atoms with Gasteiger partial charge < -0.3 is 9.80 Å². The molecule has 2 nitrogen and oxygen atoms in total. The van der Waals surface area contributed by atoms with Crippen molar-refractivity contribution in [3.05, 3.63) is 174 Å². The van der Waals surface area contributed by atoms with Crippen LogP contribution in [0.4, 0.5) is 34.1 Å². The van der Waals surface area contributed by atoms with E-state index in [0.717, 1.165) is 22.7 Å². The first-order valence-corrected chi connectivity index (χ1v) is 21.0. The molecule has 2 heterocycles. The average molecular weight is 745 g/mol. The van der Waals surface area contributed by atoms with Crippen molar-refractivity contribution < 1.29 is 0 Å². The zero-order valence-electron chi connectivity index (χ0n) is 33.5. The lowest BCUT2D eigenvalue weighted by Gasteiger charge is -2.40. The third kappa shape index (κ3) is 6.21. The van der Waals surface area contributed by atoms with E-state index in [1.807, 2.05) is 11.3 Å². The SMILES string of the molecule is Cc1ccc2c(c1)sc1cc3c(cc12)N(c1ccccc1)c1cc(N(c2ccccc2)c2ccccc2)ccc1B3c1c(C(C)C)cc(C(C)C)cc1C(C)C. The predicted octanol–water partition coefficient (Wildman–Crippen LogP) is 13.5. The number of aryl methyl sites for hydroxylation is 1. The Morgan fingerprint density at radius 2 is 1.07 bits per heavy atom. The first kappa shape index (κ1) is 36.1. The number of hydrogen-bond donors (Lipinski definition) is 0. The van der Waals surface area contributed by atoms with Gasteiger partial charge in [0.1, 0.15) is 0 Å². The van der Waals surface area contributed by atoms with Gasteiger partial charge in [0.15, 0.2) is 0 Å². The summed E-state index contributed by atoms with van der Waals surface area (Å²) in [6.07, 6.45) is 0. The van der Waals surface area contributed by atoms with Crippen LogP contribution in [0.1, 0.15) is 81.5 Å². The van der Waals surface area contributed by atoms with Crippen LogP contribution in [0.2, 0.25) is 0 Å². The van der Waals surface area contributed by atoms with E-state index >= 15 is 0 Å². The maximum absolute atomic E-state index is 2.55. The molecule has 0 saturated carbocycles. The van der Waals surface area contributed by atoms with Gasteiger partial charge in [-0.25, -0.2) is 0 Å². The Kier molecular flexibility index (Phi) is 9.34. The van der Waals surface area contributed by atoms with Crippen molar-refractivity contribution in [2.45, 2.75) is 66.2 Å². The van der Waals surface area contributed by atoms with E-state index in [4.69, 9.17) is 0 Å². The molecule has 56 heavy (non-hydrogen) atoms. The van der Waals surface area contributed by atoms with E-state index < -0.39 is 0 Å². The lowest BCUT2D eigenvalue weighted by molar-refractivity contribution is 0.812. The predicted molar refractivity (Wildman–Crippen MR) is 247 cm³/mol. The smallest absolute Gasteiger partial charge is 0.247 e. The van der Waals surface area contributed by atoms with Crippen molar-refractivity contribution in [3.63, 3.8) is 0 Å². The summed E-state index contributed by atoms with van der Waals surface area (Å²) in [5, 5.41) is 2.65. The highest BCUT2D eigenvalue weighted by atomic mass is 32.1. The van der Waals surface area contributed by atoms with Gasteiger partial charge in [-0.2, -0.15) is 0 Å². The first-order chi connectivity index (χ1) is 27.2. The van der Waals surface area contributed by atoms with Crippen molar-refractivity contribution in [3.8, 4) is 0 Å². The van der Waals surface area contributed by atoms with Gasteiger partial charge in [-0.1, -0.05) is 132 Å². The molecule has 0 fully saturated rings. The standard InChI is InChI=1S/C52H49BN2S/c1-33(2)37-28-43(34(3)4)52(44(29-37)35(5)6)53-46-26-24-41(54(38-17-11-8-12-18-38)39-19-13-9-14-20-39)30-48(46)55(40-21-15-10-16-22-40)49-31-45-42-25-23-36(7)27-50(42)56-51(45)32-47(49)53/h8-35H,1-7H3. The Balaban J connectivity index is 1.40. The van der Waals surface area contributed by atoms with E-state index in [-0.39, 0.29) is 6.71 Å². The van der Waals surface area contributed by atoms with Gasteiger partial charge in [-0.05, 0) is 125 Å². The number of para-hydroxylation sites is 3. The zero-order chi connectivity index (χ0) is 38.7. The van der Waals surface area contributed by atoms with Crippen LogP contribution in [0.15, 0.2) is 152 Å². The third-order valence-corrected chi connectivity index (χ3v) is 12.8. The lowest BCUT2D eigenvalue weighted by atomic mass is 9.33. The molecule has 0 atom stereocenters. The molecule has 0 N–H and O–H groups in total. The number of rotatable bonds is 8. The summed E-state index contributed by atoms with van der Waals surface area (Å²) < 4.78 is 2.69. The number of fused-ring (bicyclic) bond motifs is 5. The number of benzene rings is 7. The maximum Gasteiger partial charge on any atom is 0.247 e. The zero-order valence-corrected chi connectivity index (χ0v) is 34.4. The largest absolute Gasteiger partial charge is 0.311 e. The fraction of sp³-hybridized carbons (Fsp3) is 0.192. The van der Waals surface area contributed by atoms with Gasteiger partial charge in [0, 0.05) is 54.3 Å². The minimum Gasteiger partial charge on any atom is -0.311 e.